The summed E-state index contributed by atoms with van der Waals surface area (Å²) in [5, 5.41) is 27.0. The second kappa shape index (κ2) is 4.14. The molecule has 1 aliphatic rings. The quantitative estimate of drug-likeness (QED) is 0.843. The molecule has 18 heavy (non-hydrogen) atoms. The highest BCUT2D eigenvalue weighted by Gasteiger charge is 2.32. The first-order chi connectivity index (χ1) is 8.70. The van der Waals surface area contributed by atoms with Crippen molar-refractivity contribution in [2.45, 2.75) is 38.5 Å². The Labute approximate surface area is 108 Å². The molecule has 0 amide bonds. The summed E-state index contributed by atoms with van der Waals surface area (Å²) in [5.41, 5.74) is 1.31. The molecule has 0 unspecified atom stereocenters. The van der Waals surface area contributed by atoms with Crippen molar-refractivity contribution in [3.63, 3.8) is 0 Å². The molecule has 0 bridgehead atoms. The van der Waals surface area contributed by atoms with Gasteiger partial charge in [-0.05, 0) is 12.8 Å². The monoisotopic (exact) mass is 260 g/mol. The zero-order valence-corrected chi connectivity index (χ0v) is 11.0. The van der Waals surface area contributed by atoms with E-state index in [1.165, 1.54) is 11.3 Å². The fourth-order valence-corrected chi connectivity index (χ4v) is 2.59. The van der Waals surface area contributed by atoms with Gasteiger partial charge in [0.1, 0.15) is 11.1 Å². The van der Waals surface area contributed by atoms with Crippen LogP contribution in [0.25, 0.3) is 5.13 Å². The largest absolute Gasteiger partial charge is 0.234 e. The van der Waals surface area contributed by atoms with Crippen LogP contribution in [0, 0.1) is 11.3 Å². The zero-order valence-electron chi connectivity index (χ0n) is 10.2. The van der Waals surface area contributed by atoms with Crippen LogP contribution in [0.1, 0.15) is 54.9 Å². The van der Waals surface area contributed by atoms with Crippen molar-refractivity contribution in [3.05, 3.63) is 16.4 Å². The minimum Gasteiger partial charge on any atom is -0.191 e. The Morgan fingerprint density at radius 3 is 2.67 bits per heavy atom. The summed E-state index contributed by atoms with van der Waals surface area (Å²) in [5.74, 6) is 0.751. The molecule has 0 aromatic carbocycles. The molecule has 0 aliphatic heterocycles. The molecular weight excluding hydrogens is 248 g/mol. The van der Waals surface area contributed by atoms with Gasteiger partial charge in [-0.2, -0.15) is 9.94 Å². The average Bonchev–Trinajstić information content (AvgIpc) is 2.93. The molecule has 0 atom stereocenters. The second-order valence-corrected chi connectivity index (χ2v) is 5.69. The lowest BCUT2D eigenvalue weighted by atomic mass is 10.2. The van der Waals surface area contributed by atoms with Crippen LogP contribution in [-0.4, -0.2) is 25.2 Å². The van der Waals surface area contributed by atoms with E-state index in [1.807, 2.05) is 0 Å². The molecular formula is C11H12N6S. The van der Waals surface area contributed by atoms with E-state index in [1.54, 1.807) is 4.68 Å². The maximum absolute atomic E-state index is 9.05. The Balaban J connectivity index is 2.05. The van der Waals surface area contributed by atoms with E-state index >= 15 is 0 Å². The van der Waals surface area contributed by atoms with E-state index in [4.69, 9.17) is 5.26 Å². The Bertz CT molecular complexity index is 616. The third-order valence-electron chi connectivity index (χ3n) is 2.88. The minimum absolute atomic E-state index is 0.347. The van der Waals surface area contributed by atoms with Crippen molar-refractivity contribution < 1.29 is 0 Å². The molecule has 1 fully saturated rings. The standard InChI is InChI=1S/C11H12N6S/c1-6(2)10-14-15-11(18-10)17-9(7-3-4-7)8(5-12)13-16-17/h6-7H,3-4H2,1-2H3. The van der Waals surface area contributed by atoms with E-state index in [9.17, 15) is 0 Å². The molecule has 1 aliphatic carbocycles. The molecule has 2 aromatic heterocycles. The van der Waals surface area contributed by atoms with Crippen LogP contribution >= 0.6 is 11.3 Å². The summed E-state index contributed by atoms with van der Waals surface area (Å²) in [6.45, 7) is 4.16. The van der Waals surface area contributed by atoms with Crippen LogP contribution in [0.4, 0.5) is 0 Å². The van der Waals surface area contributed by atoms with Crippen molar-refractivity contribution in [2.75, 3.05) is 0 Å². The number of nitrogens with zero attached hydrogens (tertiary/aromatic N) is 6. The third-order valence-corrected chi connectivity index (χ3v) is 4.08. The van der Waals surface area contributed by atoms with E-state index in [0.717, 1.165) is 23.5 Å². The van der Waals surface area contributed by atoms with Crippen molar-refractivity contribution in [3.8, 4) is 11.2 Å². The number of hydrogen-bond donors (Lipinski definition) is 0. The third kappa shape index (κ3) is 1.78. The second-order valence-electron chi connectivity index (χ2n) is 4.70. The first kappa shape index (κ1) is 11.3. The average molecular weight is 260 g/mol. The fraction of sp³-hybridized carbons (Fsp3) is 0.545. The van der Waals surface area contributed by atoms with Gasteiger partial charge in [-0.25, -0.2) is 0 Å². The van der Waals surface area contributed by atoms with Gasteiger partial charge in [-0.1, -0.05) is 30.4 Å². The maximum atomic E-state index is 9.05. The maximum Gasteiger partial charge on any atom is 0.234 e. The predicted molar refractivity (Wildman–Crippen MR) is 65.6 cm³/mol. The molecule has 1 saturated carbocycles. The predicted octanol–water partition coefficient (Wildman–Crippen LogP) is 1.99. The van der Waals surface area contributed by atoms with Crippen LogP contribution in [0.15, 0.2) is 0 Å². The summed E-state index contributed by atoms with van der Waals surface area (Å²) in [6.07, 6.45) is 2.19. The lowest BCUT2D eigenvalue weighted by molar-refractivity contribution is 0.742. The molecule has 0 radical (unpaired) electrons. The fourth-order valence-electron chi connectivity index (χ4n) is 1.78. The molecule has 2 aromatic rings. The number of aromatic nitrogens is 5. The Morgan fingerprint density at radius 1 is 1.33 bits per heavy atom. The highest BCUT2D eigenvalue weighted by molar-refractivity contribution is 7.13. The Morgan fingerprint density at radius 2 is 2.11 bits per heavy atom. The number of nitriles is 1. The first-order valence-corrected chi connectivity index (χ1v) is 6.71. The molecule has 0 saturated heterocycles. The van der Waals surface area contributed by atoms with Crippen LogP contribution in [0.2, 0.25) is 0 Å². The van der Waals surface area contributed by atoms with Gasteiger partial charge in [0.05, 0.1) is 5.69 Å². The van der Waals surface area contributed by atoms with Crippen LogP contribution in [-0.2, 0) is 0 Å². The van der Waals surface area contributed by atoms with Gasteiger partial charge >= 0.3 is 0 Å². The molecule has 0 N–H and O–H groups in total. The van der Waals surface area contributed by atoms with Crippen molar-refractivity contribution >= 4 is 11.3 Å². The van der Waals surface area contributed by atoms with Crippen LogP contribution < -0.4 is 0 Å². The van der Waals surface area contributed by atoms with Gasteiger partial charge in [0, 0.05) is 11.8 Å². The lowest BCUT2D eigenvalue weighted by Gasteiger charge is -1.99. The van der Waals surface area contributed by atoms with Crippen LogP contribution in [0.5, 0.6) is 0 Å². The molecule has 92 valence electrons. The molecule has 6 nitrogen and oxygen atoms in total. The van der Waals surface area contributed by atoms with Crippen molar-refractivity contribution in [1.29, 1.82) is 5.26 Å². The highest BCUT2D eigenvalue weighted by atomic mass is 32.1. The van der Waals surface area contributed by atoms with E-state index in [2.05, 4.69) is 40.4 Å². The topological polar surface area (TPSA) is 80.3 Å². The smallest absolute Gasteiger partial charge is 0.191 e. The summed E-state index contributed by atoms with van der Waals surface area (Å²) >= 11 is 1.51. The van der Waals surface area contributed by atoms with Gasteiger partial charge in [-0.3, -0.25) is 0 Å². The minimum atomic E-state index is 0.347. The normalized spacial score (nSPS) is 15.0. The van der Waals surface area contributed by atoms with E-state index in [0.29, 0.717) is 22.7 Å². The molecule has 7 heteroatoms. The molecule has 2 heterocycles. The first-order valence-electron chi connectivity index (χ1n) is 5.90. The lowest BCUT2D eigenvalue weighted by Crippen LogP contribution is -2.01. The van der Waals surface area contributed by atoms with Gasteiger partial charge in [0.25, 0.3) is 0 Å². The van der Waals surface area contributed by atoms with Crippen LogP contribution in [0.3, 0.4) is 0 Å². The van der Waals surface area contributed by atoms with E-state index in [-0.39, 0.29) is 0 Å². The van der Waals surface area contributed by atoms with Gasteiger partial charge in [0.15, 0.2) is 5.69 Å². The SMILES string of the molecule is CC(C)c1nnc(-n2nnc(C#N)c2C2CC2)s1. The number of rotatable bonds is 3. The number of hydrogen-bond acceptors (Lipinski definition) is 6. The Hall–Kier alpha value is -1.81. The van der Waals surface area contributed by atoms with Crippen molar-refractivity contribution in [2.24, 2.45) is 0 Å². The highest BCUT2D eigenvalue weighted by Crippen LogP contribution is 2.42. The Kier molecular flexibility index (Phi) is 2.59. The van der Waals surface area contributed by atoms with Gasteiger partial charge < -0.3 is 0 Å². The van der Waals surface area contributed by atoms with E-state index < -0.39 is 0 Å². The van der Waals surface area contributed by atoms with Gasteiger partial charge in [-0.15, -0.1) is 15.3 Å². The summed E-state index contributed by atoms with van der Waals surface area (Å²) in [4.78, 5) is 0. The summed E-state index contributed by atoms with van der Waals surface area (Å²) in [6, 6.07) is 2.10. The summed E-state index contributed by atoms with van der Waals surface area (Å²) < 4.78 is 1.68. The van der Waals surface area contributed by atoms with Gasteiger partial charge in [0.2, 0.25) is 5.13 Å². The van der Waals surface area contributed by atoms with Crippen molar-refractivity contribution in [1.82, 2.24) is 25.2 Å². The molecule has 3 rings (SSSR count). The molecule has 0 spiro atoms. The zero-order chi connectivity index (χ0) is 12.7. The summed E-state index contributed by atoms with van der Waals surface area (Å²) in [7, 11) is 0.